The number of carbonyl (C=O) groups is 2. The van der Waals surface area contributed by atoms with Crippen LogP contribution in [0.2, 0.25) is 0 Å². The Balaban J connectivity index is 1.63. The summed E-state index contributed by atoms with van der Waals surface area (Å²) in [5.41, 5.74) is 3.11. The maximum Gasteiger partial charge on any atom is 0.308 e. The summed E-state index contributed by atoms with van der Waals surface area (Å²) in [6.45, 7) is 2.60. The van der Waals surface area contributed by atoms with Gasteiger partial charge in [-0.05, 0) is 43.0 Å². The van der Waals surface area contributed by atoms with Crippen molar-refractivity contribution in [3.63, 3.8) is 0 Å². The molecule has 0 aromatic heterocycles. The third kappa shape index (κ3) is 3.80. The first-order valence-electron chi connectivity index (χ1n) is 10.5. The number of esters is 1. The van der Waals surface area contributed by atoms with E-state index in [1.807, 2.05) is 31.2 Å². The Bertz CT molecular complexity index is 1120. The lowest BCUT2D eigenvalue weighted by atomic mass is 9.97. The van der Waals surface area contributed by atoms with Gasteiger partial charge in [0.15, 0.2) is 0 Å². The molecular weight excluding hydrogens is 416 g/mol. The summed E-state index contributed by atoms with van der Waals surface area (Å²) in [7, 11) is -2.50. The van der Waals surface area contributed by atoms with Crippen LogP contribution in [0.5, 0.6) is 0 Å². The van der Waals surface area contributed by atoms with Gasteiger partial charge in [-0.3, -0.25) is 13.9 Å². The Labute approximate surface area is 182 Å². The largest absolute Gasteiger partial charge is 0.469 e. The lowest BCUT2D eigenvalue weighted by molar-refractivity contribution is -0.148. The Morgan fingerprint density at radius 1 is 1.06 bits per heavy atom. The van der Waals surface area contributed by atoms with Crippen molar-refractivity contribution in [1.29, 1.82) is 0 Å². The zero-order valence-corrected chi connectivity index (χ0v) is 18.5. The topological polar surface area (TPSA) is 84.0 Å². The van der Waals surface area contributed by atoms with Crippen molar-refractivity contribution in [1.82, 2.24) is 4.90 Å². The average molecular weight is 443 g/mol. The maximum absolute atomic E-state index is 13.4. The molecule has 8 heteroatoms. The third-order valence-electron chi connectivity index (χ3n) is 6.14. The van der Waals surface area contributed by atoms with Gasteiger partial charge >= 0.3 is 5.97 Å². The highest BCUT2D eigenvalue weighted by atomic mass is 32.2. The maximum atomic E-state index is 13.4. The van der Waals surface area contributed by atoms with Crippen LogP contribution in [0.4, 0.5) is 5.69 Å². The Hall–Kier alpha value is -2.87. The highest BCUT2D eigenvalue weighted by Crippen LogP contribution is 2.43. The molecule has 7 nitrogen and oxygen atoms in total. The number of methoxy groups -OCH3 is 1. The molecule has 2 aromatic rings. The summed E-state index contributed by atoms with van der Waals surface area (Å²) in [5.74, 6) is -0.743. The van der Waals surface area contributed by atoms with Crippen molar-refractivity contribution in [2.75, 3.05) is 31.0 Å². The molecule has 31 heavy (non-hydrogen) atoms. The van der Waals surface area contributed by atoms with Gasteiger partial charge in [-0.2, -0.15) is 0 Å². The molecule has 164 valence electrons. The van der Waals surface area contributed by atoms with Gasteiger partial charge in [-0.25, -0.2) is 8.42 Å². The summed E-state index contributed by atoms with van der Waals surface area (Å²) in [4.78, 5) is 26.6. The molecule has 0 N–H and O–H groups in total. The van der Waals surface area contributed by atoms with Crippen molar-refractivity contribution < 1.29 is 22.7 Å². The second-order valence-corrected chi connectivity index (χ2v) is 9.72. The molecule has 2 heterocycles. The number of ether oxygens (including phenoxy) is 1. The summed E-state index contributed by atoms with van der Waals surface area (Å²) in [6.07, 6.45) is 1.87. The lowest BCUT2D eigenvalue weighted by Gasteiger charge is -2.35. The number of aryl methyl sites for hydroxylation is 1. The number of hydrogen-bond donors (Lipinski definition) is 0. The van der Waals surface area contributed by atoms with E-state index in [9.17, 15) is 18.0 Å². The fraction of sp³-hybridized carbons (Fsp3) is 0.391. The first-order chi connectivity index (χ1) is 14.9. The molecule has 2 aliphatic rings. The van der Waals surface area contributed by atoms with Gasteiger partial charge in [-0.15, -0.1) is 0 Å². The van der Waals surface area contributed by atoms with E-state index in [4.69, 9.17) is 4.74 Å². The first kappa shape index (κ1) is 21.4. The Morgan fingerprint density at radius 2 is 1.77 bits per heavy atom. The molecule has 0 spiro atoms. The standard InChI is InChI=1S/C23H26N2O5S/c1-3-16-8-9-20-19(14-16)18-6-4-5-7-21(18)31(28,29)25(20)15-22(26)24-12-10-17(11-13-24)23(27)30-2/h4-9,14,17H,3,10-13,15H2,1-2H3. The molecule has 1 amide bonds. The predicted octanol–water partition coefficient (Wildman–Crippen LogP) is 2.84. The SMILES string of the molecule is CCc1ccc2c(c1)-c1ccccc1S(=O)(=O)N2CC(=O)N1CCC(C(=O)OC)CC1. The number of rotatable bonds is 4. The zero-order valence-electron chi connectivity index (χ0n) is 17.7. The molecule has 0 unspecified atom stereocenters. The van der Waals surface area contributed by atoms with E-state index in [-0.39, 0.29) is 29.2 Å². The minimum Gasteiger partial charge on any atom is -0.469 e. The van der Waals surface area contributed by atoms with Crippen molar-refractivity contribution in [2.45, 2.75) is 31.1 Å². The number of likely N-dealkylation sites (tertiary alicyclic amines) is 1. The fourth-order valence-corrected chi connectivity index (χ4v) is 5.97. The van der Waals surface area contributed by atoms with E-state index in [1.54, 1.807) is 23.1 Å². The predicted molar refractivity (Wildman–Crippen MR) is 117 cm³/mol. The normalized spacial score (nSPS) is 17.6. The van der Waals surface area contributed by atoms with Crippen LogP contribution in [-0.4, -0.2) is 51.9 Å². The van der Waals surface area contributed by atoms with E-state index in [0.29, 0.717) is 37.2 Å². The molecule has 4 rings (SSSR count). The number of anilines is 1. The van der Waals surface area contributed by atoms with Crippen LogP contribution in [0.25, 0.3) is 11.1 Å². The van der Waals surface area contributed by atoms with E-state index in [0.717, 1.165) is 17.5 Å². The fourth-order valence-electron chi connectivity index (χ4n) is 4.32. The Kier molecular flexibility index (Phi) is 5.75. The molecule has 0 aliphatic carbocycles. The van der Waals surface area contributed by atoms with Gasteiger partial charge in [0.05, 0.1) is 23.6 Å². The minimum atomic E-state index is -3.87. The lowest BCUT2D eigenvalue weighted by Crippen LogP contribution is -2.47. The summed E-state index contributed by atoms with van der Waals surface area (Å²) in [5, 5.41) is 0. The number of hydrogen-bond acceptors (Lipinski definition) is 5. The van der Waals surface area contributed by atoms with Gasteiger partial charge in [0.2, 0.25) is 5.91 Å². The van der Waals surface area contributed by atoms with Crippen LogP contribution in [0.3, 0.4) is 0 Å². The van der Waals surface area contributed by atoms with Crippen molar-refractivity contribution >= 4 is 27.6 Å². The molecule has 1 fully saturated rings. The zero-order chi connectivity index (χ0) is 22.2. The molecule has 0 saturated carbocycles. The van der Waals surface area contributed by atoms with Crippen molar-refractivity contribution in [2.24, 2.45) is 5.92 Å². The van der Waals surface area contributed by atoms with Gasteiger partial charge in [-0.1, -0.05) is 31.2 Å². The van der Waals surface area contributed by atoms with E-state index in [2.05, 4.69) is 0 Å². The smallest absolute Gasteiger partial charge is 0.308 e. The van der Waals surface area contributed by atoms with E-state index >= 15 is 0 Å². The number of fused-ring (bicyclic) bond motifs is 3. The summed E-state index contributed by atoms with van der Waals surface area (Å²) >= 11 is 0. The van der Waals surface area contributed by atoms with Gasteiger partial charge in [0, 0.05) is 24.2 Å². The summed E-state index contributed by atoms with van der Waals surface area (Å²) in [6, 6.07) is 12.6. The molecule has 0 radical (unpaired) electrons. The van der Waals surface area contributed by atoms with Crippen LogP contribution >= 0.6 is 0 Å². The van der Waals surface area contributed by atoms with Gasteiger partial charge < -0.3 is 9.64 Å². The number of amides is 1. The highest BCUT2D eigenvalue weighted by molar-refractivity contribution is 7.93. The van der Waals surface area contributed by atoms with Gasteiger partial charge in [0.25, 0.3) is 10.0 Å². The number of piperidine rings is 1. The molecular formula is C23H26N2O5S. The van der Waals surface area contributed by atoms with Crippen molar-refractivity contribution in [3.8, 4) is 11.1 Å². The van der Waals surface area contributed by atoms with E-state index in [1.165, 1.54) is 11.4 Å². The van der Waals surface area contributed by atoms with E-state index < -0.39 is 10.0 Å². The Morgan fingerprint density at radius 3 is 2.45 bits per heavy atom. The molecule has 2 aromatic carbocycles. The first-order valence-corrected chi connectivity index (χ1v) is 11.9. The second kappa shape index (κ2) is 8.34. The van der Waals surface area contributed by atoms with Crippen LogP contribution in [-0.2, 0) is 30.8 Å². The number of carbonyl (C=O) groups excluding carboxylic acids is 2. The molecule has 0 bridgehead atoms. The van der Waals surface area contributed by atoms with Crippen LogP contribution in [0.1, 0.15) is 25.3 Å². The second-order valence-electron chi connectivity index (χ2n) is 7.89. The van der Waals surface area contributed by atoms with Crippen LogP contribution in [0.15, 0.2) is 47.4 Å². The average Bonchev–Trinajstić information content (AvgIpc) is 2.81. The number of sulfonamides is 1. The van der Waals surface area contributed by atoms with Crippen molar-refractivity contribution in [3.05, 3.63) is 48.0 Å². The number of benzene rings is 2. The number of nitrogens with zero attached hydrogens (tertiary/aromatic N) is 2. The minimum absolute atomic E-state index is 0.215. The summed E-state index contributed by atoms with van der Waals surface area (Å²) < 4.78 is 32.8. The quantitative estimate of drug-likeness (QED) is 0.680. The highest BCUT2D eigenvalue weighted by Gasteiger charge is 2.37. The molecule has 2 aliphatic heterocycles. The molecule has 0 atom stereocenters. The van der Waals surface area contributed by atoms with Gasteiger partial charge in [0.1, 0.15) is 6.54 Å². The van der Waals surface area contributed by atoms with Crippen LogP contribution in [0, 0.1) is 5.92 Å². The monoisotopic (exact) mass is 442 g/mol. The third-order valence-corrected chi connectivity index (χ3v) is 7.96. The van der Waals surface area contributed by atoms with Crippen LogP contribution < -0.4 is 4.31 Å². The molecule has 1 saturated heterocycles.